The van der Waals surface area contributed by atoms with Crippen molar-refractivity contribution in [1.29, 1.82) is 0 Å². The van der Waals surface area contributed by atoms with Crippen LogP contribution in [-0.4, -0.2) is 50.1 Å². The van der Waals surface area contributed by atoms with Gasteiger partial charge < -0.3 is 24.1 Å². The number of rotatable bonds is 7. The SMILES string of the molecule is COc1ccc(CCC(=O)NC2CCN(C(=O)c3ccco3)CC2)cc1OC. The largest absolute Gasteiger partial charge is 0.493 e. The molecule has 2 aromatic rings. The molecule has 3 rings (SSSR count). The molecule has 7 nitrogen and oxygen atoms in total. The number of hydrogen-bond donors (Lipinski definition) is 1. The molecule has 1 saturated heterocycles. The summed E-state index contributed by atoms with van der Waals surface area (Å²) in [6.07, 6.45) is 4.02. The van der Waals surface area contributed by atoms with Gasteiger partial charge in [0.1, 0.15) is 0 Å². The van der Waals surface area contributed by atoms with E-state index in [-0.39, 0.29) is 17.9 Å². The molecule has 0 bridgehead atoms. The molecule has 0 saturated carbocycles. The molecule has 1 aromatic carbocycles. The van der Waals surface area contributed by atoms with Crippen LogP contribution < -0.4 is 14.8 Å². The molecule has 2 amide bonds. The fourth-order valence-electron chi connectivity index (χ4n) is 3.38. The molecule has 0 unspecified atom stereocenters. The van der Waals surface area contributed by atoms with E-state index in [2.05, 4.69) is 5.32 Å². The van der Waals surface area contributed by atoms with Crippen molar-refractivity contribution in [3.8, 4) is 11.5 Å². The Hall–Kier alpha value is -2.96. The molecule has 7 heteroatoms. The van der Waals surface area contributed by atoms with Crippen molar-refractivity contribution >= 4 is 11.8 Å². The molecule has 1 aromatic heterocycles. The quantitative estimate of drug-likeness (QED) is 0.791. The van der Waals surface area contributed by atoms with Gasteiger partial charge in [-0.2, -0.15) is 0 Å². The van der Waals surface area contributed by atoms with Gasteiger partial charge in [-0.1, -0.05) is 6.07 Å². The van der Waals surface area contributed by atoms with Crippen LogP contribution in [0, 0.1) is 0 Å². The fourth-order valence-corrected chi connectivity index (χ4v) is 3.38. The van der Waals surface area contributed by atoms with Crippen LogP contribution >= 0.6 is 0 Å². The van der Waals surface area contributed by atoms with Gasteiger partial charge in [-0.15, -0.1) is 0 Å². The van der Waals surface area contributed by atoms with Crippen molar-refractivity contribution in [2.75, 3.05) is 27.3 Å². The predicted molar refractivity (Wildman–Crippen MR) is 104 cm³/mol. The Morgan fingerprint density at radius 3 is 2.54 bits per heavy atom. The van der Waals surface area contributed by atoms with Crippen LogP contribution in [0.25, 0.3) is 0 Å². The number of nitrogens with one attached hydrogen (secondary N) is 1. The molecule has 28 heavy (non-hydrogen) atoms. The molecule has 0 spiro atoms. The van der Waals surface area contributed by atoms with Crippen molar-refractivity contribution in [3.05, 3.63) is 47.9 Å². The van der Waals surface area contributed by atoms with E-state index >= 15 is 0 Å². The highest BCUT2D eigenvalue weighted by atomic mass is 16.5. The number of methoxy groups -OCH3 is 2. The number of furan rings is 1. The lowest BCUT2D eigenvalue weighted by Gasteiger charge is -2.31. The van der Waals surface area contributed by atoms with E-state index in [1.165, 1.54) is 6.26 Å². The molecule has 0 radical (unpaired) electrons. The lowest BCUT2D eigenvalue weighted by atomic mass is 10.0. The van der Waals surface area contributed by atoms with E-state index in [0.29, 0.717) is 43.2 Å². The number of piperidine rings is 1. The number of carbonyl (C=O) groups is 2. The molecular formula is C21H26N2O5. The first-order valence-electron chi connectivity index (χ1n) is 9.43. The summed E-state index contributed by atoms with van der Waals surface area (Å²) >= 11 is 0. The molecule has 0 atom stereocenters. The Morgan fingerprint density at radius 1 is 1.14 bits per heavy atom. The van der Waals surface area contributed by atoms with Crippen molar-refractivity contribution in [3.63, 3.8) is 0 Å². The summed E-state index contributed by atoms with van der Waals surface area (Å²) < 4.78 is 15.7. The third-order valence-electron chi connectivity index (χ3n) is 4.97. The lowest BCUT2D eigenvalue weighted by Crippen LogP contribution is -2.46. The molecule has 1 aliphatic rings. The van der Waals surface area contributed by atoms with Crippen molar-refractivity contribution in [2.45, 2.75) is 31.7 Å². The van der Waals surface area contributed by atoms with Crippen LogP contribution in [0.3, 0.4) is 0 Å². The van der Waals surface area contributed by atoms with Crippen molar-refractivity contribution in [1.82, 2.24) is 10.2 Å². The van der Waals surface area contributed by atoms with Gasteiger partial charge in [0.25, 0.3) is 5.91 Å². The van der Waals surface area contributed by atoms with E-state index in [0.717, 1.165) is 18.4 Å². The van der Waals surface area contributed by atoms with Crippen LogP contribution in [0.5, 0.6) is 11.5 Å². The second-order valence-electron chi connectivity index (χ2n) is 6.80. The normalized spacial score (nSPS) is 14.6. The van der Waals surface area contributed by atoms with E-state index < -0.39 is 0 Å². The van der Waals surface area contributed by atoms with Crippen LogP contribution in [0.2, 0.25) is 0 Å². The summed E-state index contributed by atoms with van der Waals surface area (Å²) in [5.74, 6) is 1.62. The Bertz CT molecular complexity index is 795. The number of ether oxygens (including phenoxy) is 2. The third kappa shape index (κ3) is 4.85. The maximum Gasteiger partial charge on any atom is 0.289 e. The first kappa shape index (κ1) is 19.8. The lowest BCUT2D eigenvalue weighted by molar-refractivity contribution is -0.122. The van der Waals surface area contributed by atoms with Gasteiger partial charge in [-0.05, 0) is 49.1 Å². The van der Waals surface area contributed by atoms with Crippen LogP contribution in [-0.2, 0) is 11.2 Å². The topological polar surface area (TPSA) is 81.0 Å². The smallest absolute Gasteiger partial charge is 0.289 e. The van der Waals surface area contributed by atoms with E-state index in [1.807, 2.05) is 18.2 Å². The molecule has 2 heterocycles. The number of benzene rings is 1. The molecule has 0 aliphatic carbocycles. The monoisotopic (exact) mass is 386 g/mol. The average Bonchev–Trinajstić information content (AvgIpc) is 3.27. The molecule has 1 fully saturated rings. The first-order chi connectivity index (χ1) is 13.6. The van der Waals surface area contributed by atoms with Gasteiger partial charge in [0.15, 0.2) is 17.3 Å². The highest BCUT2D eigenvalue weighted by molar-refractivity contribution is 5.91. The summed E-state index contributed by atoms with van der Waals surface area (Å²) in [7, 11) is 3.19. The summed E-state index contributed by atoms with van der Waals surface area (Å²) in [6, 6.07) is 9.15. The zero-order valence-corrected chi connectivity index (χ0v) is 16.3. The van der Waals surface area contributed by atoms with Gasteiger partial charge >= 0.3 is 0 Å². The maximum atomic E-state index is 12.3. The number of aryl methyl sites for hydroxylation is 1. The first-order valence-corrected chi connectivity index (χ1v) is 9.43. The van der Waals surface area contributed by atoms with E-state index in [9.17, 15) is 9.59 Å². The standard InChI is InChI=1S/C21H26N2O5/c1-26-17-7-5-15(14-19(17)27-2)6-8-20(24)22-16-9-11-23(12-10-16)21(25)18-4-3-13-28-18/h3-5,7,13-14,16H,6,8-12H2,1-2H3,(H,22,24). The Morgan fingerprint density at radius 2 is 1.89 bits per heavy atom. The zero-order valence-electron chi connectivity index (χ0n) is 16.3. The number of likely N-dealkylation sites (tertiary alicyclic amines) is 1. The van der Waals surface area contributed by atoms with Crippen LogP contribution in [0.15, 0.2) is 41.0 Å². The summed E-state index contributed by atoms with van der Waals surface area (Å²) in [5.41, 5.74) is 1.02. The Kier molecular flexibility index (Phi) is 6.57. The number of nitrogens with zero attached hydrogens (tertiary/aromatic N) is 1. The van der Waals surface area contributed by atoms with Gasteiger partial charge in [0.05, 0.1) is 20.5 Å². The summed E-state index contributed by atoms with van der Waals surface area (Å²) in [4.78, 5) is 26.3. The molecular weight excluding hydrogens is 360 g/mol. The minimum absolute atomic E-state index is 0.0191. The second kappa shape index (κ2) is 9.30. The minimum atomic E-state index is -0.0942. The van der Waals surface area contributed by atoms with Gasteiger partial charge in [0, 0.05) is 25.6 Å². The maximum absolute atomic E-state index is 12.3. The van der Waals surface area contributed by atoms with Crippen molar-refractivity contribution in [2.24, 2.45) is 0 Å². The molecule has 150 valence electrons. The third-order valence-corrected chi connectivity index (χ3v) is 4.97. The van der Waals surface area contributed by atoms with E-state index in [4.69, 9.17) is 13.9 Å². The van der Waals surface area contributed by atoms with Gasteiger partial charge in [0.2, 0.25) is 5.91 Å². The Balaban J connectivity index is 1.43. The van der Waals surface area contributed by atoms with Crippen molar-refractivity contribution < 1.29 is 23.5 Å². The highest BCUT2D eigenvalue weighted by Gasteiger charge is 2.25. The zero-order chi connectivity index (χ0) is 19.9. The van der Waals surface area contributed by atoms with Crippen LogP contribution in [0.4, 0.5) is 0 Å². The second-order valence-corrected chi connectivity index (χ2v) is 6.80. The average molecular weight is 386 g/mol. The summed E-state index contributed by atoms with van der Waals surface area (Å²) in [6.45, 7) is 1.22. The Labute approximate surface area is 164 Å². The van der Waals surface area contributed by atoms with Gasteiger partial charge in [-0.3, -0.25) is 9.59 Å². The number of carbonyl (C=O) groups excluding carboxylic acids is 2. The minimum Gasteiger partial charge on any atom is -0.493 e. The summed E-state index contributed by atoms with van der Waals surface area (Å²) in [5, 5.41) is 3.08. The molecule has 1 N–H and O–H groups in total. The highest BCUT2D eigenvalue weighted by Crippen LogP contribution is 2.28. The van der Waals surface area contributed by atoms with Gasteiger partial charge in [-0.25, -0.2) is 0 Å². The fraction of sp³-hybridized carbons (Fsp3) is 0.429. The van der Waals surface area contributed by atoms with Crippen LogP contribution in [0.1, 0.15) is 35.4 Å². The van der Waals surface area contributed by atoms with E-state index in [1.54, 1.807) is 31.3 Å². The number of hydrogen-bond acceptors (Lipinski definition) is 5. The number of amides is 2. The predicted octanol–water partition coefficient (Wildman–Crippen LogP) is 2.65. The molecule has 1 aliphatic heterocycles.